The molecule has 38 heavy (non-hydrogen) atoms. The van der Waals surface area contributed by atoms with Gasteiger partial charge in [0.2, 0.25) is 10.0 Å². The number of nitrogens with one attached hydrogen (secondary N) is 2. The molecule has 2 amide bonds. The molecule has 0 aliphatic carbocycles. The summed E-state index contributed by atoms with van der Waals surface area (Å²) in [5.74, 6) is 0.205. The van der Waals surface area contributed by atoms with Crippen molar-refractivity contribution in [1.29, 1.82) is 0 Å². The fourth-order valence-corrected chi connectivity index (χ4v) is 4.32. The van der Waals surface area contributed by atoms with Crippen LogP contribution < -0.4 is 24.5 Å². The lowest BCUT2D eigenvalue weighted by Crippen LogP contribution is -2.39. The van der Waals surface area contributed by atoms with Crippen molar-refractivity contribution in [3.63, 3.8) is 0 Å². The Bertz CT molecular complexity index is 1410. The van der Waals surface area contributed by atoms with Gasteiger partial charge in [-0.3, -0.25) is 13.9 Å². The van der Waals surface area contributed by atoms with Crippen molar-refractivity contribution in [2.24, 2.45) is 5.10 Å². The minimum Gasteiger partial charge on any atom is -0.497 e. The highest BCUT2D eigenvalue weighted by molar-refractivity contribution is 7.92. The van der Waals surface area contributed by atoms with E-state index in [0.29, 0.717) is 39.0 Å². The smallest absolute Gasteiger partial charge is 0.262 e. The number of rotatable bonds is 11. The van der Waals surface area contributed by atoms with Gasteiger partial charge in [0.15, 0.2) is 6.61 Å². The maximum atomic E-state index is 12.4. The number of methoxy groups -OCH3 is 1. The SMILES string of the molecule is COc1ccc(NC(=O)COc2ccc(/C=N\NC(=O)CN(c3cc(Cl)ccc3C)S(C)(=O)=O)cc2)cc1. The van der Waals surface area contributed by atoms with Crippen LogP contribution in [0.2, 0.25) is 5.02 Å². The fraction of sp³-hybridized carbons (Fsp3) is 0.192. The molecule has 3 rings (SSSR count). The average molecular weight is 559 g/mol. The van der Waals surface area contributed by atoms with Gasteiger partial charge in [0.25, 0.3) is 11.8 Å². The molecule has 0 aliphatic heterocycles. The van der Waals surface area contributed by atoms with Crippen molar-refractivity contribution in [3.05, 3.63) is 82.9 Å². The molecule has 0 unspecified atom stereocenters. The molecule has 0 fully saturated rings. The molecular weight excluding hydrogens is 532 g/mol. The van der Waals surface area contributed by atoms with Gasteiger partial charge in [0, 0.05) is 10.7 Å². The van der Waals surface area contributed by atoms with E-state index in [1.54, 1.807) is 74.7 Å². The molecule has 12 heteroatoms. The summed E-state index contributed by atoms with van der Waals surface area (Å²) in [4.78, 5) is 24.5. The van der Waals surface area contributed by atoms with Gasteiger partial charge in [-0.25, -0.2) is 13.8 Å². The van der Waals surface area contributed by atoms with Crippen molar-refractivity contribution in [1.82, 2.24) is 5.43 Å². The molecule has 0 saturated heterocycles. The van der Waals surface area contributed by atoms with Gasteiger partial charge < -0.3 is 14.8 Å². The van der Waals surface area contributed by atoms with Gasteiger partial charge in [0.05, 0.1) is 25.3 Å². The number of hydrogen-bond donors (Lipinski definition) is 2. The number of hydrogen-bond acceptors (Lipinski definition) is 7. The Morgan fingerprint density at radius 3 is 2.29 bits per heavy atom. The van der Waals surface area contributed by atoms with Crippen molar-refractivity contribution >= 4 is 51.0 Å². The predicted octanol–water partition coefficient (Wildman–Crippen LogP) is 3.59. The zero-order valence-corrected chi connectivity index (χ0v) is 22.5. The lowest BCUT2D eigenvalue weighted by molar-refractivity contribution is -0.119. The normalized spacial score (nSPS) is 11.2. The first-order valence-electron chi connectivity index (χ1n) is 11.3. The Balaban J connectivity index is 1.50. The number of anilines is 2. The molecular formula is C26H27ClN4O6S. The molecule has 0 atom stereocenters. The Kier molecular flexibility index (Phi) is 9.69. The molecule has 0 aromatic heterocycles. The van der Waals surface area contributed by atoms with Crippen LogP contribution in [0.4, 0.5) is 11.4 Å². The Hall–Kier alpha value is -4.09. The number of ether oxygens (including phenoxy) is 2. The number of aryl methyl sites for hydroxylation is 1. The standard InChI is InChI=1S/C26H27ClN4O6S/c1-18-4-7-20(27)14-24(18)31(38(3,34)35)16-25(32)30-28-15-19-5-10-23(11-6-19)37-17-26(33)29-21-8-12-22(36-2)13-9-21/h4-15H,16-17H2,1-3H3,(H,29,33)(H,30,32)/b28-15-. The molecule has 0 aliphatic rings. The Morgan fingerprint density at radius 1 is 1.00 bits per heavy atom. The lowest BCUT2D eigenvalue weighted by Gasteiger charge is -2.23. The third kappa shape index (κ3) is 8.49. The number of carbonyl (C=O) groups excluding carboxylic acids is 2. The zero-order valence-electron chi connectivity index (χ0n) is 21.0. The van der Waals surface area contributed by atoms with Crippen LogP contribution in [0.5, 0.6) is 11.5 Å². The summed E-state index contributed by atoms with van der Waals surface area (Å²) in [6, 6.07) is 18.4. The van der Waals surface area contributed by atoms with Gasteiger partial charge in [-0.05, 0) is 78.7 Å². The second-order valence-corrected chi connectivity index (χ2v) is 10.5. The highest BCUT2D eigenvalue weighted by atomic mass is 35.5. The van der Waals surface area contributed by atoms with Gasteiger partial charge in [-0.1, -0.05) is 17.7 Å². The maximum Gasteiger partial charge on any atom is 0.262 e. The molecule has 200 valence electrons. The van der Waals surface area contributed by atoms with Gasteiger partial charge in [-0.15, -0.1) is 0 Å². The van der Waals surface area contributed by atoms with Crippen LogP contribution in [-0.4, -0.2) is 53.0 Å². The molecule has 10 nitrogen and oxygen atoms in total. The van der Waals surface area contributed by atoms with E-state index in [1.165, 1.54) is 12.3 Å². The molecule has 3 aromatic carbocycles. The van der Waals surface area contributed by atoms with Crippen molar-refractivity contribution in [2.45, 2.75) is 6.92 Å². The largest absolute Gasteiger partial charge is 0.497 e. The van der Waals surface area contributed by atoms with Crippen LogP contribution in [0.25, 0.3) is 0 Å². The molecule has 3 aromatic rings. The second-order valence-electron chi connectivity index (χ2n) is 8.13. The van der Waals surface area contributed by atoms with Crippen LogP contribution in [-0.2, 0) is 19.6 Å². The third-order valence-corrected chi connectivity index (χ3v) is 6.52. The first-order valence-corrected chi connectivity index (χ1v) is 13.5. The number of sulfonamides is 1. The number of halogens is 1. The summed E-state index contributed by atoms with van der Waals surface area (Å²) in [6.45, 7) is 1.07. The predicted molar refractivity (Wildman–Crippen MR) is 148 cm³/mol. The molecule has 2 N–H and O–H groups in total. The highest BCUT2D eigenvalue weighted by Crippen LogP contribution is 2.26. The topological polar surface area (TPSA) is 126 Å². The molecule has 0 bridgehead atoms. The summed E-state index contributed by atoms with van der Waals surface area (Å²) < 4.78 is 36.1. The first-order chi connectivity index (χ1) is 18.0. The Morgan fingerprint density at radius 2 is 1.66 bits per heavy atom. The lowest BCUT2D eigenvalue weighted by atomic mass is 10.2. The minimum atomic E-state index is -3.75. The van der Waals surface area contributed by atoms with E-state index in [9.17, 15) is 18.0 Å². The summed E-state index contributed by atoms with van der Waals surface area (Å²) in [6.07, 6.45) is 2.41. The van der Waals surface area contributed by atoms with Gasteiger partial charge >= 0.3 is 0 Å². The van der Waals surface area contributed by atoms with Crippen LogP contribution in [0, 0.1) is 6.92 Å². The number of amides is 2. The minimum absolute atomic E-state index is 0.182. The molecule has 0 radical (unpaired) electrons. The monoisotopic (exact) mass is 558 g/mol. The van der Waals surface area contributed by atoms with Crippen molar-refractivity contribution in [2.75, 3.05) is 36.1 Å². The number of nitrogens with zero attached hydrogens (tertiary/aromatic N) is 2. The van der Waals surface area contributed by atoms with Crippen LogP contribution in [0.15, 0.2) is 71.8 Å². The van der Waals surface area contributed by atoms with E-state index in [4.69, 9.17) is 21.1 Å². The van der Waals surface area contributed by atoms with Gasteiger partial charge in [0.1, 0.15) is 18.0 Å². The maximum absolute atomic E-state index is 12.4. The van der Waals surface area contributed by atoms with Crippen LogP contribution in [0.3, 0.4) is 0 Å². The Labute approximate surface area is 226 Å². The summed E-state index contributed by atoms with van der Waals surface area (Å²) in [7, 11) is -2.19. The fourth-order valence-electron chi connectivity index (χ4n) is 3.25. The summed E-state index contributed by atoms with van der Waals surface area (Å²) in [5, 5.41) is 6.96. The van der Waals surface area contributed by atoms with E-state index in [-0.39, 0.29) is 12.5 Å². The van der Waals surface area contributed by atoms with E-state index < -0.39 is 22.5 Å². The zero-order chi connectivity index (χ0) is 27.7. The van der Waals surface area contributed by atoms with Crippen molar-refractivity contribution < 1.29 is 27.5 Å². The van der Waals surface area contributed by atoms with E-state index in [0.717, 1.165) is 10.6 Å². The quantitative estimate of drug-likeness (QED) is 0.273. The second kappa shape index (κ2) is 12.9. The van der Waals surface area contributed by atoms with Crippen LogP contribution >= 0.6 is 11.6 Å². The van der Waals surface area contributed by atoms with Crippen molar-refractivity contribution in [3.8, 4) is 11.5 Å². The van der Waals surface area contributed by atoms with Crippen LogP contribution in [0.1, 0.15) is 11.1 Å². The first kappa shape index (κ1) is 28.5. The van der Waals surface area contributed by atoms with E-state index >= 15 is 0 Å². The molecule has 0 heterocycles. The highest BCUT2D eigenvalue weighted by Gasteiger charge is 2.22. The summed E-state index contributed by atoms with van der Waals surface area (Å²) >= 11 is 6.01. The van der Waals surface area contributed by atoms with E-state index in [1.807, 2.05) is 0 Å². The van der Waals surface area contributed by atoms with Gasteiger partial charge in [-0.2, -0.15) is 5.10 Å². The number of hydrazone groups is 1. The number of benzene rings is 3. The summed E-state index contributed by atoms with van der Waals surface area (Å²) in [5.41, 5.74) is 4.55. The average Bonchev–Trinajstić information content (AvgIpc) is 2.88. The molecule has 0 saturated carbocycles. The molecule has 0 spiro atoms. The van der Waals surface area contributed by atoms with E-state index in [2.05, 4.69) is 15.8 Å². The number of carbonyl (C=O) groups is 2. The third-order valence-electron chi connectivity index (χ3n) is 5.15.